The van der Waals surface area contributed by atoms with E-state index in [0.29, 0.717) is 0 Å². The van der Waals surface area contributed by atoms with Crippen molar-refractivity contribution in [2.75, 3.05) is 13.1 Å². The zero-order valence-corrected chi connectivity index (χ0v) is 12.6. The van der Waals surface area contributed by atoms with Crippen molar-refractivity contribution in [3.63, 3.8) is 0 Å². The zero-order valence-electron chi connectivity index (χ0n) is 12.6. The molecule has 2 aliphatic carbocycles. The van der Waals surface area contributed by atoms with Crippen LogP contribution < -0.4 is 5.43 Å². The SMILES string of the molecule is C1CCCC(C2CCCC(N3CCCN3)CC2)CC1. The van der Waals surface area contributed by atoms with Crippen molar-refractivity contribution in [2.24, 2.45) is 11.8 Å². The molecule has 1 heterocycles. The highest BCUT2D eigenvalue weighted by Gasteiger charge is 2.29. The van der Waals surface area contributed by atoms with Crippen molar-refractivity contribution < 1.29 is 0 Å². The maximum atomic E-state index is 3.59. The third-order valence-electron chi connectivity index (χ3n) is 5.88. The molecule has 2 unspecified atom stereocenters. The molecule has 2 heteroatoms. The summed E-state index contributed by atoms with van der Waals surface area (Å²) in [5, 5.41) is 2.56. The molecular weight excluding hydrogens is 232 g/mol. The molecule has 2 nitrogen and oxygen atoms in total. The van der Waals surface area contributed by atoms with Gasteiger partial charge < -0.3 is 0 Å². The van der Waals surface area contributed by atoms with Crippen molar-refractivity contribution in [3.05, 3.63) is 0 Å². The van der Waals surface area contributed by atoms with Crippen molar-refractivity contribution in [2.45, 2.75) is 83.1 Å². The first-order valence-electron chi connectivity index (χ1n) is 8.93. The molecule has 0 spiro atoms. The quantitative estimate of drug-likeness (QED) is 0.755. The Kier molecular flexibility index (Phi) is 5.17. The molecular formula is C17H32N2. The van der Waals surface area contributed by atoms with Gasteiger partial charge in [0.25, 0.3) is 0 Å². The molecule has 110 valence electrons. The highest BCUT2D eigenvalue weighted by Crippen LogP contribution is 2.37. The van der Waals surface area contributed by atoms with E-state index >= 15 is 0 Å². The first-order valence-corrected chi connectivity index (χ1v) is 8.93. The molecule has 1 saturated heterocycles. The molecule has 3 aliphatic rings. The first-order chi connectivity index (χ1) is 9.43. The fourth-order valence-corrected chi connectivity index (χ4v) is 4.74. The average Bonchev–Trinajstić information content (AvgIpc) is 2.69. The van der Waals surface area contributed by atoms with Crippen LogP contribution in [0.15, 0.2) is 0 Å². The molecule has 2 saturated carbocycles. The van der Waals surface area contributed by atoms with Gasteiger partial charge in [0, 0.05) is 19.1 Å². The Bertz CT molecular complexity index is 252. The molecule has 19 heavy (non-hydrogen) atoms. The van der Waals surface area contributed by atoms with Crippen molar-refractivity contribution >= 4 is 0 Å². The van der Waals surface area contributed by atoms with Crippen LogP contribution in [0.2, 0.25) is 0 Å². The normalized spacial score (nSPS) is 36.0. The van der Waals surface area contributed by atoms with Crippen LogP contribution in [0.1, 0.15) is 77.0 Å². The lowest BCUT2D eigenvalue weighted by molar-refractivity contribution is 0.155. The smallest absolute Gasteiger partial charge is 0.0243 e. The molecule has 0 bridgehead atoms. The van der Waals surface area contributed by atoms with Gasteiger partial charge in [0.05, 0.1) is 0 Å². The lowest BCUT2D eigenvalue weighted by Gasteiger charge is -2.27. The molecule has 2 atom stereocenters. The van der Waals surface area contributed by atoms with E-state index in [9.17, 15) is 0 Å². The number of hydrogen-bond donors (Lipinski definition) is 1. The summed E-state index contributed by atoms with van der Waals surface area (Å²) in [4.78, 5) is 0. The summed E-state index contributed by atoms with van der Waals surface area (Å²) >= 11 is 0. The predicted molar refractivity (Wildman–Crippen MR) is 80.9 cm³/mol. The van der Waals surface area contributed by atoms with E-state index in [1.54, 1.807) is 0 Å². The van der Waals surface area contributed by atoms with Crippen LogP contribution in [0.4, 0.5) is 0 Å². The van der Waals surface area contributed by atoms with E-state index in [1.807, 2.05) is 0 Å². The van der Waals surface area contributed by atoms with Crippen LogP contribution in [0.5, 0.6) is 0 Å². The summed E-state index contributed by atoms with van der Waals surface area (Å²) in [7, 11) is 0. The van der Waals surface area contributed by atoms with Crippen LogP contribution in [0, 0.1) is 11.8 Å². The molecule has 1 N–H and O–H groups in total. The van der Waals surface area contributed by atoms with Gasteiger partial charge >= 0.3 is 0 Å². The van der Waals surface area contributed by atoms with Crippen LogP contribution in [0.3, 0.4) is 0 Å². The summed E-state index contributed by atoms with van der Waals surface area (Å²) in [6, 6.07) is 0.846. The van der Waals surface area contributed by atoms with Crippen molar-refractivity contribution in [1.29, 1.82) is 0 Å². The Morgan fingerprint density at radius 2 is 1.37 bits per heavy atom. The third kappa shape index (κ3) is 3.72. The molecule has 0 amide bonds. The molecule has 0 aromatic heterocycles. The Hall–Kier alpha value is -0.0800. The minimum atomic E-state index is 0.846. The zero-order chi connectivity index (χ0) is 12.9. The third-order valence-corrected chi connectivity index (χ3v) is 5.88. The predicted octanol–water partition coefficient (Wildman–Crippen LogP) is 4.12. The van der Waals surface area contributed by atoms with Gasteiger partial charge in [0.2, 0.25) is 0 Å². The van der Waals surface area contributed by atoms with E-state index < -0.39 is 0 Å². The Morgan fingerprint density at radius 1 is 0.632 bits per heavy atom. The molecule has 3 rings (SSSR count). The number of rotatable bonds is 2. The fourth-order valence-electron chi connectivity index (χ4n) is 4.74. The van der Waals surface area contributed by atoms with Crippen LogP contribution in [-0.4, -0.2) is 24.1 Å². The highest BCUT2D eigenvalue weighted by atomic mass is 15.5. The van der Waals surface area contributed by atoms with E-state index in [1.165, 1.54) is 90.1 Å². The fraction of sp³-hybridized carbons (Fsp3) is 1.00. The summed E-state index contributed by atoms with van der Waals surface area (Å²) in [5.41, 5.74) is 3.59. The highest BCUT2D eigenvalue weighted by molar-refractivity contribution is 4.82. The lowest BCUT2D eigenvalue weighted by atomic mass is 9.81. The van der Waals surface area contributed by atoms with Gasteiger partial charge in [-0.25, -0.2) is 5.01 Å². The van der Waals surface area contributed by atoms with E-state index in [0.717, 1.165) is 17.9 Å². The maximum Gasteiger partial charge on any atom is 0.0243 e. The summed E-state index contributed by atoms with van der Waals surface area (Å²) in [5.74, 6) is 2.14. The summed E-state index contributed by atoms with van der Waals surface area (Å²) in [6.07, 6.45) is 17.9. The minimum absolute atomic E-state index is 0.846. The van der Waals surface area contributed by atoms with Gasteiger partial charge in [-0.2, -0.15) is 0 Å². The Labute approximate surface area is 119 Å². The van der Waals surface area contributed by atoms with Gasteiger partial charge in [-0.3, -0.25) is 5.43 Å². The molecule has 1 aliphatic heterocycles. The largest absolute Gasteiger partial charge is 0.255 e. The molecule has 0 aromatic carbocycles. The van der Waals surface area contributed by atoms with Crippen LogP contribution >= 0.6 is 0 Å². The standard InChI is InChI=1S/C17H32N2/c1-2-4-8-15(7-3-1)16-9-5-10-17(12-11-16)19-14-6-13-18-19/h15-18H,1-14H2. The van der Waals surface area contributed by atoms with E-state index in [4.69, 9.17) is 0 Å². The van der Waals surface area contributed by atoms with Crippen molar-refractivity contribution in [3.8, 4) is 0 Å². The first kappa shape index (κ1) is 13.9. The Morgan fingerprint density at radius 3 is 2.11 bits per heavy atom. The van der Waals surface area contributed by atoms with Crippen molar-refractivity contribution in [1.82, 2.24) is 10.4 Å². The average molecular weight is 264 g/mol. The molecule has 0 aromatic rings. The second-order valence-corrected chi connectivity index (χ2v) is 7.13. The minimum Gasteiger partial charge on any atom is -0.255 e. The molecule has 0 radical (unpaired) electrons. The van der Waals surface area contributed by atoms with Crippen LogP contribution in [0.25, 0.3) is 0 Å². The number of hydrazine groups is 1. The number of hydrogen-bond acceptors (Lipinski definition) is 2. The monoisotopic (exact) mass is 264 g/mol. The molecule has 3 fully saturated rings. The topological polar surface area (TPSA) is 15.3 Å². The van der Waals surface area contributed by atoms with E-state index in [2.05, 4.69) is 10.4 Å². The summed E-state index contributed by atoms with van der Waals surface area (Å²) < 4.78 is 0. The van der Waals surface area contributed by atoms with Gasteiger partial charge in [-0.1, -0.05) is 51.4 Å². The second kappa shape index (κ2) is 7.08. The lowest BCUT2D eigenvalue weighted by Crippen LogP contribution is -2.40. The second-order valence-electron chi connectivity index (χ2n) is 7.13. The van der Waals surface area contributed by atoms with Crippen LogP contribution in [-0.2, 0) is 0 Å². The number of nitrogens with zero attached hydrogens (tertiary/aromatic N) is 1. The van der Waals surface area contributed by atoms with Gasteiger partial charge in [-0.05, 0) is 37.5 Å². The maximum absolute atomic E-state index is 3.59. The van der Waals surface area contributed by atoms with Gasteiger partial charge in [0.1, 0.15) is 0 Å². The van der Waals surface area contributed by atoms with Gasteiger partial charge in [0.15, 0.2) is 0 Å². The summed E-state index contributed by atoms with van der Waals surface area (Å²) in [6.45, 7) is 2.50. The number of nitrogens with one attached hydrogen (secondary N) is 1. The van der Waals surface area contributed by atoms with E-state index in [-0.39, 0.29) is 0 Å². The van der Waals surface area contributed by atoms with Gasteiger partial charge in [-0.15, -0.1) is 0 Å². The Balaban J connectivity index is 1.51.